The summed E-state index contributed by atoms with van der Waals surface area (Å²) in [6, 6.07) is 11.8. The number of nitrogens with zero attached hydrogens (tertiary/aromatic N) is 1. The predicted molar refractivity (Wildman–Crippen MR) is 129 cm³/mol. The minimum absolute atomic E-state index is 0.0706. The van der Waals surface area contributed by atoms with Gasteiger partial charge in [0.1, 0.15) is 29.0 Å². The van der Waals surface area contributed by atoms with Crippen molar-refractivity contribution in [1.29, 1.82) is 0 Å². The van der Waals surface area contributed by atoms with E-state index in [9.17, 15) is 4.39 Å². The van der Waals surface area contributed by atoms with Crippen molar-refractivity contribution in [2.24, 2.45) is 0 Å². The molecule has 0 amide bonds. The molecule has 4 rings (SSSR count). The molecular formula is C28H27F3N2O. The largest absolute Gasteiger partial charge is 0.469 e. The van der Waals surface area contributed by atoms with Gasteiger partial charge in [-0.15, -0.1) is 0 Å². The zero-order valence-electron chi connectivity index (χ0n) is 19.7. The van der Waals surface area contributed by atoms with E-state index in [2.05, 4.69) is 10.3 Å². The van der Waals surface area contributed by atoms with E-state index in [1.807, 2.05) is 19.9 Å². The monoisotopic (exact) mass is 464 g/mol. The summed E-state index contributed by atoms with van der Waals surface area (Å²) in [7, 11) is 0. The minimum Gasteiger partial charge on any atom is -0.469 e. The number of pyridine rings is 1. The Bertz CT molecular complexity index is 1270. The molecular weight excluding hydrogens is 437 g/mol. The standard InChI is InChI=1S/C28H27F3N2O/c1-16(2)33-24-12-10-21(15-32-24)26-18(4)27(30)25(17(3)28(26)31)20-8-7-19(23(29)14-20)9-11-22-6-5-13-34-22/h5-8,10,12-16H,9,11H2,1-4H3,(H,32,33). The van der Waals surface area contributed by atoms with Gasteiger partial charge in [-0.05, 0) is 86.7 Å². The number of anilines is 1. The molecule has 176 valence electrons. The zero-order chi connectivity index (χ0) is 24.4. The first-order valence-corrected chi connectivity index (χ1v) is 11.3. The average Bonchev–Trinajstić information content (AvgIpc) is 3.32. The highest BCUT2D eigenvalue weighted by Crippen LogP contribution is 2.38. The van der Waals surface area contributed by atoms with Gasteiger partial charge in [-0.25, -0.2) is 18.2 Å². The van der Waals surface area contributed by atoms with Gasteiger partial charge in [-0.2, -0.15) is 0 Å². The first kappa shape index (κ1) is 23.6. The number of aromatic nitrogens is 1. The van der Waals surface area contributed by atoms with Crippen molar-refractivity contribution in [3.8, 4) is 22.3 Å². The maximum absolute atomic E-state index is 15.6. The van der Waals surface area contributed by atoms with Crippen molar-refractivity contribution in [3.05, 3.63) is 94.8 Å². The number of benzene rings is 2. The summed E-state index contributed by atoms with van der Waals surface area (Å²) in [5, 5.41) is 3.17. The van der Waals surface area contributed by atoms with Gasteiger partial charge in [-0.3, -0.25) is 0 Å². The molecule has 0 aliphatic carbocycles. The highest BCUT2D eigenvalue weighted by Gasteiger charge is 2.23. The number of hydrogen-bond acceptors (Lipinski definition) is 3. The van der Waals surface area contributed by atoms with Gasteiger partial charge in [0.15, 0.2) is 0 Å². The van der Waals surface area contributed by atoms with Crippen LogP contribution < -0.4 is 5.32 Å². The summed E-state index contributed by atoms with van der Waals surface area (Å²) in [4.78, 5) is 4.32. The lowest BCUT2D eigenvalue weighted by atomic mass is 9.90. The molecule has 0 unspecified atom stereocenters. The minimum atomic E-state index is -0.569. The predicted octanol–water partition coefficient (Wildman–Crippen LogP) is 7.65. The molecule has 6 heteroatoms. The van der Waals surface area contributed by atoms with E-state index in [1.165, 1.54) is 26.1 Å². The molecule has 1 N–H and O–H groups in total. The van der Waals surface area contributed by atoms with Gasteiger partial charge < -0.3 is 9.73 Å². The Morgan fingerprint density at radius 1 is 0.882 bits per heavy atom. The number of aryl methyl sites for hydroxylation is 2. The molecule has 0 aliphatic rings. The molecule has 0 bridgehead atoms. The smallest absolute Gasteiger partial charge is 0.135 e. The SMILES string of the molecule is Cc1c(F)c(-c2ccc(CCc3ccco3)c(F)c2)c(C)c(F)c1-c1ccc(NC(C)C)nc1. The van der Waals surface area contributed by atoms with Crippen molar-refractivity contribution in [2.45, 2.75) is 46.6 Å². The van der Waals surface area contributed by atoms with Crippen LogP contribution in [0.15, 0.2) is 59.3 Å². The van der Waals surface area contributed by atoms with Gasteiger partial charge in [0.2, 0.25) is 0 Å². The lowest BCUT2D eigenvalue weighted by Crippen LogP contribution is -2.10. The Morgan fingerprint density at radius 2 is 1.56 bits per heavy atom. The third kappa shape index (κ3) is 4.72. The second-order valence-corrected chi connectivity index (χ2v) is 8.74. The maximum Gasteiger partial charge on any atom is 0.135 e. The Morgan fingerprint density at radius 3 is 2.12 bits per heavy atom. The first-order valence-electron chi connectivity index (χ1n) is 11.3. The molecule has 2 heterocycles. The Balaban J connectivity index is 1.68. The van der Waals surface area contributed by atoms with Crippen LogP contribution in [0.1, 0.15) is 36.3 Å². The van der Waals surface area contributed by atoms with Crippen molar-refractivity contribution >= 4 is 5.82 Å². The van der Waals surface area contributed by atoms with E-state index in [0.717, 1.165) is 5.76 Å². The Hall–Kier alpha value is -3.54. The summed E-state index contributed by atoms with van der Waals surface area (Å²) in [6.07, 6.45) is 4.11. The molecule has 2 aromatic heterocycles. The normalized spacial score (nSPS) is 11.3. The van der Waals surface area contributed by atoms with Crippen LogP contribution in [-0.2, 0) is 12.8 Å². The van der Waals surface area contributed by atoms with Crippen molar-refractivity contribution in [2.75, 3.05) is 5.32 Å². The highest BCUT2D eigenvalue weighted by molar-refractivity contribution is 5.78. The number of hydrogen-bond donors (Lipinski definition) is 1. The second-order valence-electron chi connectivity index (χ2n) is 8.74. The Labute approximate surface area is 197 Å². The summed E-state index contributed by atoms with van der Waals surface area (Å²) >= 11 is 0. The maximum atomic E-state index is 15.6. The van der Waals surface area contributed by atoms with Gasteiger partial charge >= 0.3 is 0 Å². The molecule has 0 saturated heterocycles. The topological polar surface area (TPSA) is 38.1 Å². The summed E-state index contributed by atoms with van der Waals surface area (Å²) < 4.78 is 51.2. The fraction of sp³-hybridized carbons (Fsp3) is 0.250. The van der Waals surface area contributed by atoms with Crippen molar-refractivity contribution < 1.29 is 17.6 Å². The van der Waals surface area contributed by atoms with E-state index < -0.39 is 17.5 Å². The Kier molecular flexibility index (Phi) is 6.77. The molecule has 0 saturated carbocycles. The average molecular weight is 465 g/mol. The number of halogens is 3. The van der Waals surface area contributed by atoms with Gasteiger partial charge in [-0.1, -0.05) is 12.1 Å². The number of nitrogens with one attached hydrogen (secondary N) is 1. The lowest BCUT2D eigenvalue weighted by molar-refractivity contribution is 0.505. The quantitative estimate of drug-likeness (QED) is 0.305. The molecule has 2 aromatic carbocycles. The van der Waals surface area contributed by atoms with Crippen LogP contribution in [0, 0.1) is 31.3 Å². The van der Waals surface area contributed by atoms with E-state index in [-0.39, 0.29) is 28.3 Å². The van der Waals surface area contributed by atoms with Crippen LogP contribution in [0.3, 0.4) is 0 Å². The lowest BCUT2D eigenvalue weighted by Gasteiger charge is -2.17. The van der Waals surface area contributed by atoms with Crippen LogP contribution in [0.2, 0.25) is 0 Å². The summed E-state index contributed by atoms with van der Waals surface area (Å²) in [5.74, 6) is -0.138. The van der Waals surface area contributed by atoms with E-state index in [0.29, 0.717) is 35.3 Å². The molecule has 3 nitrogen and oxygen atoms in total. The van der Waals surface area contributed by atoms with Crippen LogP contribution in [0.5, 0.6) is 0 Å². The van der Waals surface area contributed by atoms with Gasteiger partial charge in [0, 0.05) is 35.3 Å². The van der Waals surface area contributed by atoms with E-state index in [4.69, 9.17) is 4.42 Å². The van der Waals surface area contributed by atoms with E-state index in [1.54, 1.807) is 36.6 Å². The molecule has 0 radical (unpaired) electrons. The number of furan rings is 1. The fourth-order valence-electron chi connectivity index (χ4n) is 4.15. The first-order chi connectivity index (χ1) is 16.3. The molecule has 0 atom stereocenters. The summed E-state index contributed by atoms with van der Waals surface area (Å²) in [5.41, 5.74) is 1.80. The van der Waals surface area contributed by atoms with Crippen LogP contribution in [0.25, 0.3) is 22.3 Å². The van der Waals surface area contributed by atoms with Gasteiger partial charge in [0.05, 0.1) is 6.26 Å². The van der Waals surface area contributed by atoms with Crippen molar-refractivity contribution in [1.82, 2.24) is 4.98 Å². The number of rotatable bonds is 7. The third-order valence-electron chi connectivity index (χ3n) is 5.90. The molecule has 0 spiro atoms. The molecule has 4 aromatic rings. The van der Waals surface area contributed by atoms with Crippen molar-refractivity contribution in [3.63, 3.8) is 0 Å². The molecule has 0 fully saturated rings. The van der Waals surface area contributed by atoms with Gasteiger partial charge in [0.25, 0.3) is 0 Å². The fourth-order valence-corrected chi connectivity index (χ4v) is 4.15. The zero-order valence-corrected chi connectivity index (χ0v) is 19.7. The molecule has 34 heavy (non-hydrogen) atoms. The van der Waals surface area contributed by atoms with Crippen LogP contribution in [-0.4, -0.2) is 11.0 Å². The van der Waals surface area contributed by atoms with Crippen LogP contribution in [0.4, 0.5) is 19.0 Å². The van der Waals surface area contributed by atoms with E-state index >= 15 is 8.78 Å². The summed E-state index contributed by atoms with van der Waals surface area (Å²) in [6.45, 7) is 7.03. The van der Waals surface area contributed by atoms with Crippen LogP contribution >= 0.6 is 0 Å². The molecule has 0 aliphatic heterocycles. The highest BCUT2D eigenvalue weighted by atomic mass is 19.1. The second kappa shape index (κ2) is 9.75. The third-order valence-corrected chi connectivity index (χ3v) is 5.90.